The number of hydrogen-bond donors (Lipinski definition) is 1. The number of carbonyl (C=O) groups is 2. The number of alkyl halides is 3. The van der Waals surface area contributed by atoms with E-state index in [9.17, 15) is 22.8 Å². The van der Waals surface area contributed by atoms with Crippen molar-refractivity contribution in [2.45, 2.75) is 6.18 Å². The van der Waals surface area contributed by atoms with Gasteiger partial charge in [0.05, 0.1) is 29.5 Å². The highest BCUT2D eigenvalue weighted by Crippen LogP contribution is 2.31. The number of esters is 1. The molecule has 0 unspecified atom stereocenters. The summed E-state index contributed by atoms with van der Waals surface area (Å²) >= 11 is 0.936. The number of pyridine rings is 1. The average molecular weight is 434 g/mol. The van der Waals surface area contributed by atoms with Crippen LogP contribution in [0.15, 0.2) is 63.8 Å². The number of thioether (sulfide) groups is 1. The number of amidine groups is 1. The molecule has 1 amide bonds. The van der Waals surface area contributed by atoms with E-state index in [2.05, 4.69) is 25.2 Å². The lowest BCUT2D eigenvalue weighted by atomic mass is 10.1. The Kier molecular flexibility index (Phi) is 6.31. The number of nitrogens with zero attached hydrogens (tertiary/aromatic N) is 3. The predicted molar refractivity (Wildman–Crippen MR) is 106 cm³/mol. The molecule has 0 aliphatic carbocycles. The fourth-order valence-electron chi connectivity index (χ4n) is 2.29. The van der Waals surface area contributed by atoms with Crippen molar-refractivity contribution in [3.8, 4) is 11.3 Å². The molecule has 1 aromatic carbocycles. The molecule has 2 heterocycles. The lowest BCUT2D eigenvalue weighted by Crippen LogP contribution is -2.19. The molecular formula is C19H13F3N4O3S. The van der Waals surface area contributed by atoms with Crippen LogP contribution in [0.2, 0.25) is 0 Å². The van der Waals surface area contributed by atoms with Crippen LogP contribution in [0.1, 0.15) is 11.1 Å². The molecule has 0 bridgehead atoms. The summed E-state index contributed by atoms with van der Waals surface area (Å²) in [7, 11) is 1.20. The zero-order chi connectivity index (χ0) is 21.7. The van der Waals surface area contributed by atoms with E-state index in [4.69, 9.17) is 0 Å². The van der Waals surface area contributed by atoms with E-state index >= 15 is 0 Å². The molecule has 1 aromatic heterocycles. The predicted octanol–water partition coefficient (Wildman–Crippen LogP) is 3.38. The van der Waals surface area contributed by atoms with Gasteiger partial charge >= 0.3 is 12.1 Å². The van der Waals surface area contributed by atoms with Gasteiger partial charge in [-0.2, -0.15) is 18.3 Å². The van der Waals surface area contributed by atoms with E-state index in [1.807, 2.05) is 0 Å². The minimum absolute atomic E-state index is 0.133. The number of hydrogen-bond acceptors (Lipinski definition) is 7. The third-order valence-corrected chi connectivity index (χ3v) is 4.65. The second kappa shape index (κ2) is 8.91. The van der Waals surface area contributed by atoms with Gasteiger partial charge in [0.25, 0.3) is 5.91 Å². The van der Waals surface area contributed by atoms with Gasteiger partial charge in [-0.05, 0) is 29.5 Å². The maximum atomic E-state index is 12.8. The van der Waals surface area contributed by atoms with Crippen LogP contribution in [0, 0.1) is 0 Å². The Bertz CT molecular complexity index is 1060. The molecule has 11 heteroatoms. The van der Waals surface area contributed by atoms with E-state index in [1.54, 1.807) is 24.3 Å². The van der Waals surface area contributed by atoms with Crippen molar-refractivity contribution < 1.29 is 27.5 Å². The first-order chi connectivity index (χ1) is 14.3. The SMILES string of the molecule is COC(=O)/C=C1/S/C(=N\N=Cc2ccc(-c3cc(C(F)(F)F)ccn3)cc2)NC1=O. The molecule has 1 aliphatic heterocycles. The molecule has 1 N–H and O–H groups in total. The van der Waals surface area contributed by atoms with Crippen molar-refractivity contribution in [3.05, 3.63) is 64.7 Å². The minimum Gasteiger partial charge on any atom is -0.466 e. The van der Waals surface area contributed by atoms with Crippen LogP contribution >= 0.6 is 11.8 Å². The van der Waals surface area contributed by atoms with Gasteiger partial charge in [0.1, 0.15) is 0 Å². The van der Waals surface area contributed by atoms with E-state index in [0.29, 0.717) is 11.1 Å². The number of aromatic nitrogens is 1. The van der Waals surface area contributed by atoms with E-state index in [1.165, 1.54) is 13.3 Å². The molecule has 0 radical (unpaired) electrons. The van der Waals surface area contributed by atoms with Crippen LogP contribution in [-0.4, -0.2) is 35.4 Å². The third kappa shape index (κ3) is 5.32. The van der Waals surface area contributed by atoms with E-state index in [-0.39, 0.29) is 15.8 Å². The summed E-state index contributed by atoms with van der Waals surface area (Å²) in [4.78, 5) is 27.0. The van der Waals surface area contributed by atoms with Gasteiger partial charge in [-0.1, -0.05) is 24.3 Å². The summed E-state index contributed by atoms with van der Waals surface area (Å²) in [6.07, 6.45) is -0.874. The summed E-state index contributed by atoms with van der Waals surface area (Å²) < 4.78 is 43.0. The number of rotatable bonds is 4. The molecule has 1 saturated heterocycles. The Hall–Kier alpha value is -3.47. The van der Waals surface area contributed by atoms with Gasteiger partial charge in [0.15, 0.2) is 5.17 Å². The number of nitrogens with one attached hydrogen (secondary N) is 1. The Morgan fingerprint density at radius 3 is 2.63 bits per heavy atom. The van der Waals surface area contributed by atoms with Crippen LogP contribution in [0.5, 0.6) is 0 Å². The Balaban J connectivity index is 1.69. The number of carbonyl (C=O) groups excluding carboxylic acids is 2. The van der Waals surface area contributed by atoms with Crippen molar-refractivity contribution in [3.63, 3.8) is 0 Å². The topological polar surface area (TPSA) is 93.0 Å². The summed E-state index contributed by atoms with van der Waals surface area (Å²) in [6, 6.07) is 8.40. The number of ether oxygens (including phenoxy) is 1. The molecule has 0 spiro atoms. The van der Waals surface area contributed by atoms with Crippen molar-refractivity contribution >= 4 is 35.0 Å². The zero-order valence-corrected chi connectivity index (χ0v) is 16.1. The van der Waals surface area contributed by atoms with Gasteiger partial charge in [0, 0.05) is 17.8 Å². The van der Waals surface area contributed by atoms with E-state index < -0.39 is 23.6 Å². The Morgan fingerprint density at radius 1 is 1.23 bits per heavy atom. The molecule has 0 saturated carbocycles. The third-order valence-electron chi connectivity index (χ3n) is 3.75. The van der Waals surface area contributed by atoms with Crippen molar-refractivity contribution in [1.29, 1.82) is 0 Å². The Morgan fingerprint density at radius 2 is 1.97 bits per heavy atom. The lowest BCUT2D eigenvalue weighted by Gasteiger charge is -2.08. The molecular weight excluding hydrogens is 421 g/mol. The highest BCUT2D eigenvalue weighted by atomic mass is 32.2. The number of methoxy groups -OCH3 is 1. The van der Waals surface area contributed by atoms with Gasteiger partial charge < -0.3 is 4.74 Å². The molecule has 0 atom stereocenters. The van der Waals surface area contributed by atoms with Gasteiger partial charge in [0.2, 0.25) is 0 Å². The summed E-state index contributed by atoms with van der Waals surface area (Å²) in [5.41, 5.74) is 0.574. The van der Waals surface area contributed by atoms with Gasteiger partial charge in [-0.25, -0.2) is 4.79 Å². The second-order valence-electron chi connectivity index (χ2n) is 5.79. The highest BCUT2D eigenvalue weighted by Gasteiger charge is 2.30. The zero-order valence-electron chi connectivity index (χ0n) is 15.3. The molecule has 30 heavy (non-hydrogen) atoms. The maximum Gasteiger partial charge on any atom is 0.416 e. The number of halogens is 3. The standard InChI is InChI=1S/C19H13F3N4O3S/c1-29-16(27)9-15-17(28)25-18(30-15)26-24-10-11-2-4-12(5-3-11)14-8-13(6-7-23-14)19(20,21)22/h2-10H,1H3,(H,25,26,28)/b15-9+,24-10?. The molecule has 7 nitrogen and oxygen atoms in total. The van der Waals surface area contributed by atoms with Crippen molar-refractivity contribution in [2.24, 2.45) is 10.2 Å². The smallest absolute Gasteiger partial charge is 0.416 e. The first-order valence-corrected chi connectivity index (χ1v) is 9.11. The Labute approximate surface area is 172 Å². The average Bonchev–Trinajstić information content (AvgIpc) is 3.07. The van der Waals surface area contributed by atoms with Crippen LogP contribution in [0.4, 0.5) is 13.2 Å². The number of benzene rings is 1. The van der Waals surface area contributed by atoms with Crippen LogP contribution in [-0.2, 0) is 20.5 Å². The lowest BCUT2D eigenvalue weighted by molar-refractivity contribution is -0.137. The van der Waals surface area contributed by atoms with Crippen LogP contribution < -0.4 is 5.32 Å². The van der Waals surface area contributed by atoms with Crippen LogP contribution in [0.3, 0.4) is 0 Å². The van der Waals surface area contributed by atoms with Crippen molar-refractivity contribution in [2.75, 3.05) is 7.11 Å². The second-order valence-corrected chi connectivity index (χ2v) is 6.82. The summed E-state index contributed by atoms with van der Waals surface area (Å²) in [5, 5.41) is 10.4. The van der Waals surface area contributed by atoms with Gasteiger partial charge in [-0.15, -0.1) is 5.10 Å². The monoisotopic (exact) mass is 434 g/mol. The van der Waals surface area contributed by atoms with Gasteiger partial charge in [-0.3, -0.25) is 15.1 Å². The fraction of sp³-hybridized carbons (Fsp3) is 0.105. The molecule has 1 aliphatic rings. The highest BCUT2D eigenvalue weighted by molar-refractivity contribution is 8.18. The maximum absolute atomic E-state index is 12.8. The van der Waals surface area contributed by atoms with Crippen molar-refractivity contribution in [1.82, 2.24) is 10.3 Å². The molecule has 154 valence electrons. The summed E-state index contributed by atoms with van der Waals surface area (Å²) in [5.74, 6) is -1.15. The number of amides is 1. The molecule has 2 aromatic rings. The molecule has 3 rings (SSSR count). The summed E-state index contributed by atoms with van der Waals surface area (Å²) in [6.45, 7) is 0. The quantitative estimate of drug-likeness (QED) is 0.345. The minimum atomic E-state index is -4.44. The first kappa shape index (κ1) is 21.2. The first-order valence-electron chi connectivity index (χ1n) is 8.30. The normalized spacial score (nSPS) is 17.0. The van der Waals surface area contributed by atoms with E-state index in [0.717, 1.165) is 36.2 Å². The largest absolute Gasteiger partial charge is 0.466 e. The fourth-order valence-corrected chi connectivity index (χ4v) is 3.03. The molecule has 1 fully saturated rings. The van der Waals surface area contributed by atoms with Crippen LogP contribution in [0.25, 0.3) is 11.3 Å².